The van der Waals surface area contributed by atoms with E-state index >= 15 is 0 Å². The molecule has 0 radical (unpaired) electrons. The van der Waals surface area contributed by atoms with E-state index in [0.717, 1.165) is 6.67 Å². The molecule has 0 aromatic heterocycles. The van der Waals surface area contributed by atoms with Crippen molar-refractivity contribution in [2.75, 3.05) is 19.8 Å². The molecule has 2 nitrogen and oxygen atoms in total. The van der Waals surface area contributed by atoms with Crippen molar-refractivity contribution < 1.29 is 0 Å². The van der Waals surface area contributed by atoms with Gasteiger partial charge in [0.1, 0.15) is 0 Å². The van der Waals surface area contributed by atoms with Crippen LogP contribution in [-0.2, 0) is 0 Å². The fraction of sp³-hybridized carbons (Fsp3) is 0.920. The van der Waals surface area contributed by atoms with E-state index in [9.17, 15) is 0 Å². The molecule has 27 heavy (non-hydrogen) atoms. The molecule has 1 aliphatic rings. The van der Waals surface area contributed by atoms with E-state index in [0.29, 0.717) is 0 Å². The highest BCUT2D eigenvalue weighted by atomic mass is 15.3. The quantitative estimate of drug-likeness (QED) is 0.197. The van der Waals surface area contributed by atoms with Crippen molar-refractivity contribution in [1.29, 1.82) is 0 Å². The Morgan fingerprint density at radius 1 is 0.444 bits per heavy atom. The van der Waals surface area contributed by atoms with Crippen LogP contribution in [0.4, 0.5) is 0 Å². The zero-order valence-electron chi connectivity index (χ0n) is 18.9. The molecule has 0 N–H and O–H groups in total. The second-order valence-electron chi connectivity index (χ2n) is 8.72. The summed E-state index contributed by atoms with van der Waals surface area (Å²) in [4.78, 5) is 5.02. The first-order valence-corrected chi connectivity index (χ1v) is 12.5. The van der Waals surface area contributed by atoms with Crippen LogP contribution in [0.25, 0.3) is 0 Å². The number of hydrogen-bond acceptors (Lipinski definition) is 2. The number of nitrogens with zero attached hydrogens (tertiary/aromatic N) is 2. The Hall–Kier alpha value is -0.660. The van der Waals surface area contributed by atoms with Crippen LogP contribution in [0.15, 0.2) is 12.4 Å². The lowest BCUT2D eigenvalue weighted by Gasteiger charge is -2.21. The van der Waals surface area contributed by atoms with Gasteiger partial charge in [0.15, 0.2) is 0 Å². The lowest BCUT2D eigenvalue weighted by Crippen LogP contribution is -2.26. The Kier molecular flexibility index (Phi) is 16.9. The van der Waals surface area contributed by atoms with E-state index in [4.69, 9.17) is 0 Å². The van der Waals surface area contributed by atoms with Crippen LogP contribution in [0.3, 0.4) is 0 Å². The van der Waals surface area contributed by atoms with Gasteiger partial charge in [-0.1, -0.05) is 117 Å². The lowest BCUT2D eigenvalue weighted by molar-refractivity contribution is 0.257. The van der Waals surface area contributed by atoms with Crippen LogP contribution in [0.5, 0.6) is 0 Å². The van der Waals surface area contributed by atoms with Gasteiger partial charge in [0.25, 0.3) is 0 Å². The lowest BCUT2D eigenvalue weighted by atomic mass is 10.1. The van der Waals surface area contributed by atoms with Gasteiger partial charge in [0, 0.05) is 25.5 Å². The van der Waals surface area contributed by atoms with Crippen molar-refractivity contribution in [3.05, 3.63) is 12.4 Å². The molecule has 0 bridgehead atoms. The second kappa shape index (κ2) is 18.7. The summed E-state index contributed by atoms with van der Waals surface area (Å²) >= 11 is 0. The van der Waals surface area contributed by atoms with Gasteiger partial charge in [0.2, 0.25) is 0 Å². The van der Waals surface area contributed by atoms with E-state index in [1.165, 1.54) is 129 Å². The third-order valence-electron chi connectivity index (χ3n) is 5.95. The van der Waals surface area contributed by atoms with Gasteiger partial charge >= 0.3 is 0 Å². The zero-order valence-corrected chi connectivity index (χ0v) is 18.9. The first kappa shape index (κ1) is 24.4. The maximum atomic E-state index is 2.51. The van der Waals surface area contributed by atoms with Crippen LogP contribution in [-0.4, -0.2) is 29.6 Å². The van der Waals surface area contributed by atoms with Crippen LogP contribution < -0.4 is 0 Å². The van der Waals surface area contributed by atoms with E-state index < -0.39 is 0 Å². The van der Waals surface area contributed by atoms with Gasteiger partial charge in [-0.15, -0.1) is 0 Å². The largest absolute Gasteiger partial charge is 0.359 e. The average molecular weight is 379 g/mol. The van der Waals surface area contributed by atoms with Gasteiger partial charge < -0.3 is 9.80 Å². The predicted molar refractivity (Wildman–Crippen MR) is 122 cm³/mol. The molecule has 0 fully saturated rings. The van der Waals surface area contributed by atoms with Crippen LogP contribution in [0.1, 0.15) is 129 Å². The van der Waals surface area contributed by atoms with Crippen LogP contribution in [0.2, 0.25) is 0 Å². The standard InChI is InChI=1S/C25H50N2/c1-3-5-7-9-11-13-14-16-18-20-22-27-24-23-26(25-27)21-19-17-15-12-10-8-6-4-2/h23-24H,3-22,25H2,1-2H3. The van der Waals surface area contributed by atoms with E-state index in [1.54, 1.807) is 0 Å². The van der Waals surface area contributed by atoms with Crippen molar-refractivity contribution in [2.24, 2.45) is 0 Å². The highest BCUT2D eigenvalue weighted by molar-refractivity contribution is 4.90. The minimum absolute atomic E-state index is 1.13. The molecule has 0 unspecified atom stereocenters. The number of hydrogen-bond donors (Lipinski definition) is 0. The summed E-state index contributed by atoms with van der Waals surface area (Å²) in [5.41, 5.74) is 0. The molecule has 0 amide bonds. The van der Waals surface area contributed by atoms with Crippen LogP contribution in [0, 0.1) is 0 Å². The van der Waals surface area contributed by atoms with Crippen molar-refractivity contribution in [3.63, 3.8) is 0 Å². The molecule has 160 valence electrons. The van der Waals surface area contributed by atoms with Gasteiger partial charge in [-0.05, 0) is 12.8 Å². The smallest absolute Gasteiger partial charge is 0.0893 e. The fourth-order valence-corrected chi connectivity index (χ4v) is 4.06. The molecule has 2 heteroatoms. The molecule has 0 spiro atoms. The van der Waals surface area contributed by atoms with Crippen molar-refractivity contribution in [3.8, 4) is 0 Å². The molecule has 1 heterocycles. The molecular weight excluding hydrogens is 328 g/mol. The Labute approximate surface area is 171 Å². The second-order valence-corrected chi connectivity index (χ2v) is 8.72. The van der Waals surface area contributed by atoms with Gasteiger partial charge in [-0.3, -0.25) is 0 Å². The van der Waals surface area contributed by atoms with Crippen molar-refractivity contribution in [1.82, 2.24) is 9.80 Å². The molecule has 1 aliphatic heterocycles. The summed E-state index contributed by atoms with van der Waals surface area (Å²) < 4.78 is 0. The maximum Gasteiger partial charge on any atom is 0.0893 e. The third kappa shape index (κ3) is 15.0. The minimum atomic E-state index is 1.13. The summed E-state index contributed by atoms with van der Waals surface area (Å²) in [6, 6.07) is 0. The molecule has 0 aromatic rings. The Balaban J connectivity index is 1.82. The molecule has 0 atom stereocenters. The topological polar surface area (TPSA) is 6.48 Å². The van der Waals surface area contributed by atoms with Gasteiger partial charge in [-0.2, -0.15) is 0 Å². The van der Waals surface area contributed by atoms with Gasteiger partial charge in [0.05, 0.1) is 6.67 Å². The van der Waals surface area contributed by atoms with Crippen molar-refractivity contribution in [2.45, 2.75) is 129 Å². The minimum Gasteiger partial charge on any atom is -0.359 e. The summed E-state index contributed by atoms with van der Waals surface area (Å²) in [7, 11) is 0. The third-order valence-corrected chi connectivity index (χ3v) is 5.95. The zero-order chi connectivity index (χ0) is 19.4. The Morgan fingerprint density at radius 3 is 1.07 bits per heavy atom. The molecule has 1 rings (SSSR count). The van der Waals surface area contributed by atoms with Gasteiger partial charge in [-0.25, -0.2) is 0 Å². The molecular formula is C25H50N2. The SMILES string of the molecule is CCCCCCCCCCCCN1C=CN(CCCCCCCCCC)C1. The normalized spacial score (nSPS) is 13.9. The summed E-state index contributed by atoms with van der Waals surface area (Å²) in [6.07, 6.45) is 30.3. The first-order chi connectivity index (χ1) is 13.4. The van der Waals surface area contributed by atoms with Crippen molar-refractivity contribution >= 4 is 0 Å². The highest BCUT2D eigenvalue weighted by Crippen LogP contribution is 2.14. The summed E-state index contributed by atoms with van der Waals surface area (Å²) in [6.45, 7) is 8.23. The van der Waals surface area contributed by atoms with E-state index in [1.807, 2.05) is 0 Å². The summed E-state index contributed by atoms with van der Waals surface area (Å²) in [5, 5.41) is 0. The van der Waals surface area contributed by atoms with E-state index in [2.05, 4.69) is 36.0 Å². The monoisotopic (exact) mass is 378 g/mol. The number of unbranched alkanes of at least 4 members (excludes halogenated alkanes) is 16. The molecule has 0 aliphatic carbocycles. The Morgan fingerprint density at radius 2 is 0.741 bits per heavy atom. The van der Waals surface area contributed by atoms with E-state index in [-0.39, 0.29) is 0 Å². The highest BCUT2D eigenvalue weighted by Gasteiger charge is 2.10. The Bertz CT molecular complexity index is 326. The van der Waals surface area contributed by atoms with Crippen LogP contribution >= 0.6 is 0 Å². The molecule has 0 saturated heterocycles. The number of rotatable bonds is 20. The maximum absolute atomic E-state index is 2.51. The molecule has 0 aromatic carbocycles. The average Bonchev–Trinajstić information content (AvgIpc) is 3.13. The molecule has 0 saturated carbocycles. The fourth-order valence-electron chi connectivity index (χ4n) is 4.06. The summed E-state index contributed by atoms with van der Waals surface area (Å²) in [5.74, 6) is 0. The first-order valence-electron chi connectivity index (χ1n) is 12.5. The predicted octanol–water partition coefficient (Wildman–Crippen LogP) is 8.09.